The van der Waals surface area contributed by atoms with Gasteiger partial charge in [0.15, 0.2) is 0 Å². The Morgan fingerprint density at radius 1 is 1.42 bits per heavy atom. The summed E-state index contributed by atoms with van der Waals surface area (Å²) in [5.41, 5.74) is 0.465. The van der Waals surface area contributed by atoms with E-state index in [1.165, 1.54) is 17.4 Å². The summed E-state index contributed by atoms with van der Waals surface area (Å²) in [6.07, 6.45) is 1.79. The molecule has 0 unspecified atom stereocenters. The van der Waals surface area contributed by atoms with Gasteiger partial charge in [0.25, 0.3) is 0 Å². The number of nitrogens with zero attached hydrogens (tertiary/aromatic N) is 1. The Balaban J connectivity index is 2.10. The fourth-order valence-electron chi connectivity index (χ4n) is 1.66. The first-order valence-corrected chi connectivity index (χ1v) is 7.36. The van der Waals surface area contributed by atoms with E-state index in [9.17, 15) is 4.39 Å². The lowest BCUT2D eigenvalue weighted by Crippen LogP contribution is -2.18. The molecule has 1 heterocycles. The third-order valence-electron chi connectivity index (χ3n) is 2.56. The van der Waals surface area contributed by atoms with Crippen LogP contribution in [0.25, 0.3) is 10.6 Å². The van der Waals surface area contributed by atoms with E-state index in [-0.39, 0.29) is 5.82 Å². The summed E-state index contributed by atoms with van der Waals surface area (Å²) < 4.78 is 13.7. The number of hydrogen-bond donors (Lipinski definition) is 1. The molecule has 5 heteroatoms. The zero-order chi connectivity index (χ0) is 13.8. The summed E-state index contributed by atoms with van der Waals surface area (Å²) >= 11 is 7.38. The molecule has 19 heavy (non-hydrogen) atoms. The van der Waals surface area contributed by atoms with Gasteiger partial charge in [0.05, 0.1) is 0 Å². The van der Waals surface area contributed by atoms with Gasteiger partial charge in [0.1, 0.15) is 10.8 Å². The Hall–Kier alpha value is -0.970. The average Bonchev–Trinajstić information content (AvgIpc) is 2.80. The summed E-state index contributed by atoms with van der Waals surface area (Å²) in [6, 6.07) is 4.52. The number of hydrogen-bond acceptors (Lipinski definition) is 3. The summed E-state index contributed by atoms with van der Waals surface area (Å²) in [7, 11) is 0. The topological polar surface area (TPSA) is 24.9 Å². The zero-order valence-electron chi connectivity index (χ0n) is 10.9. The van der Waals surface area contributed by atoms with Crippen molar-refractivity contribution in [2.75, 3.05) is 6.54 Å². The summed E-state index contributed by atoms with van der Waals surface area (Å²) in [5, 5.41) is 4.53. The molecule has 2 nitrogen and oxygen atoms in total. The molecule has 0 amide bonds. The van der Waals surface area contributed by atoms with E-state index in [4.69, 9.17) is 11.6 Å². The molecule has 0 aliphatic heterocycles. The van der Waals surface area contributed by atoms with Crippen LogP contribution < -0.4 is 5.32 Å². The van der Waals surface area contributed by atoms with Gasteiger partial charge in [-0.1, -0.05) is 25.4 Å². The van der Waals surface area contributed by atoms with Crippen LogP contribution in [0.2, 0.25) is 5.02 Å². The molecular weight excluding hydrogens is 283 g/mol. The van der Waals surface area contributed by atoms with Crippen LogP contribution in [-0.4, -0.2) is 11.5 Å². The smallest absolute Gasteiger partial charge is 0.133 e. The Bertz CT molecular complexity index is 554. The van der Waals surface area contributed by atoms with Crippen LogP contribution in [-0.2, 0) is 6.54 Å². The first kappa shape index (κ1) is 14.4. The summed E-state index contributed by atoms with van der Waals surface area (Å²) in [4.78, 5) is 5.36. The van der Waals surface area contributed by atoms with Crippen molar-refractivity contribution in [2.24, 2.45) is 5.92 Å². The molecule has 0 saturated heterocycles. The van der Waals surface area contributed by atoms with E-state index in [1.807, 2.05) is 0 Å². The minimum atomic E-state index is -0.291. The molecule has 0 aliphatic rings. The van der Waals surface area contributed by atoms with Crippen molar-refractivity contribution < 1.29 is 4.39 Å². The minimum absolute atomic E-state index is 0.291. The lowest BCUT2D eigenvalue weighted by atomic mass is 10.2. The van der Waals surface area contributed by atoms with Crippen LogP contribution in [0.1, 0.15) is 18.7 Å². The molecular formula is C14H16ClFN2S. The quantitative estimate of drug-likeness (QED) is 0.888. The molecule has 2 aromatic rings. The Morgan fingerprint density at radius 2 is 2.21 bits per heavy atom. The van der Waals surface area contributed by atoms with Gasteiger partial charge in [0, 0.05) is 28.2 Å². The molecule has 0 bridgehead atoms. The fraction of sp³-hybridized carbons (Fsp3) is 0.357. The molecule has 0 saturated carbocycles. The van der Waals surface area contributed by atoms with Crippen LogP contribution in [0.15, 0.2) is 24.4 Å². The maximum atomic E-state index is 13.7. The lowest BCUT2D eigenvalue weighted by molar-refractivity contribution is 0.554. The standard InChI is InChI=1S/C14H16ClFN2S/c1-9(2)6-17-7-11-8-18-14(19-11)12-5-10(15)3-4-13(12)16/h3-5,8-9,17H,6-7H2,1-2H3. The van der Waals surface area contributed by atoms with Gasteiger partial charge in [-0.3, -0.25) is 0 Å². The van der Waals surface area contributed by atoms with Gasteiger partial charge >= 0.3 is 0 Å². The number of rotatable bonds is 5. The third kappa shape index (κ3) is 4.00. The highest BCUT2D eigenvalue weighted by molar-refractivity contribution is 7.15. The summed E-state index contributed by atoms with van der Waals surface area (Å²) in [5.74, 6) is 0.318. The van der Waals surface area contributed by atoms with Gasteiger partial charge < -0.3 is 5.32 Å². The van der Waals surface area contributed by atoms with Crippen LogP contribution in [0, 0.1) is 11.7 Å². The molecule has 1 aromatic heterocycles. The fourth-order valence-corrected chi connectivity index (χ4v) is 2.73. The Kier molecular flexibility index (Phi) is 4.91. The molecule has 0 fully saturated rings. The normalized spacial score (nSPS) is 11.2. The van der Waals surface area contributed by atoms with Crippen LogP contribution in [0.5, 0.6) is 0 Å². The van der Waals surface area contributed by atoms with E-state index in [0.717, 1.165) is 18.0 Å². The van der Waals surface area contributed by atoms with Crippen molar-refractivity contribution in [2.45, 2.75) is 20.4 Å². The van der Waals surface area contributed by atoms with Crippen molar-refractivity contribution in [1.82, 2.24) is 10.3 Å². The van der Waals surface area contributed by atoms with E-state index in [1.54, 1.807) is 18.3 Å². The van der Waals surface area contributed by atoms with Crippen molar-refractivity contribution in [3.05, 3.63) is 40.1 Å². The number of thiazole rings is 1. The minimum Gasteiger partial charge on any atom is -0.312 e. The second kappa shape index (κ2) is 6.46. The molecule has 0 atom stereocenters. The Morgan fingerprint density at radius 3 is 2.95 bits per heavy atom. The van der Waals surface area contributed by atoms with Gasteiger partial charge in [0.2, 0.25) is 0 Å². The van der Waals surface area contributed by atoms with Crippen molar-refractivity contribution >= 4 is 22.9 Å². The predicted molar refractivity (Wildman–Crippen MR) is 79.1 cm³/mol. The highest BCUT2D eigenvalue weighted by Crippen LogP contribution is 2.29. The van der Waals surface area contributed by atoms with Crippen LogP contribution >= 0.6 is 22.9 Å². The third-order valence-corrected chi connectivity index (χ3v) is 3.83. The second-order valence-electron chi connectivity index (χ2n) is 4.78. The summed E-state index contributed by atoms with van der Waals surface area (Å²) in [6.45, 7) is 6.04. The van der Waals surface area contributed by atoms with Gasteiger partial charge in [-0.25, -0.2) is 9.37 Å². The molecule has 0 spiro atoms. The zero-order valence-corrected chi connectivity index (χ0v) is 12.5. The molecule has 0 radical (unpaired) electrons. The predicted octanol–water partition coefficient (Wildman–Crippen LogP) is 4.35. The van der Waals surface area contributed by atoms with Gasteiger partial charge in [-0.15, -0.1) is 11.3 Å². The first-order chi connectivity index (χ1) is 9.06. The van der Waals surface area contributed by atoms with Gasteiger partial charge in [-0.05, 0) is 30.7 Å². The van der Waals surface area contributed by atoms with Crippen molar-refractivity contribution in [3.63, 3.8) is 0 Å². The molecule has 1 aromatic carbocycles. The number of nitrogens with one attached hydrogen (secondary N) is 1. The molecule has 1 N–H and O–H groups in total. The Labute approximate surface area is 121 Å². The average molecular weight is 299 g/mol. The van der Waals surface area contributed by atoms with E-state index in [2.05, 4.69) is 24.1 Å². The van der Waals surface area contributed by atoms with E-state index >= 15 is 0 Å². The SMILES string of the molecule is CC(C)CNCc1cnc(-c2cc(Cl)ccc2F)s1. The molecule has 0 aliphatic carbocycles. The second-order valence-corrected chi connectivity index (χ2v) is 6.33. The van der Waals surface area contributed by atoms with Crippen molar-refractivity contribution in [1.29, 1.82) is 0 Å². The van der Waals surface area contributed by atoms with Crippen molar-refractivity contribution in [3.8, 4) is 10.6 Å². The molecule has 102 valence electrons. The first-order valence-electron chi connectivity index (χ1n) is 6.17. The van der Waals surface area contributed by atoms with Crippen LogP contribution in [0.3, 0.4) is 0 Å². The molecule has 2 rings (SSSR count). The van der Waals surface area contributed by atoms with E-state index < -0.39 is 0 Å². The van der Waals surface area contributed by atoms with Gasteiger partial charge in [-0.2, -0.15) is 0 Å². The maximum absolute atomic E-state index is 13.7. The highest BCUT2D eigenvalue weighted by atomic mass is 35.5. The largest absolute Gasteiger partial charge is 0.312 e. The lowest BCUT2D eigenvalue weighted by Gasteiger charge is -2.04. The number of halogens is 2. The number of benzene rings is 1. The highest BCUT2D eigenvalue weighted by Gasteiger charge is 2.10. The van der Waals surface area contributed by atoms with Crippen LogP contribution in [0.4, 0.5) is 4.39 Å². The van der Waals surface area contributed by atoms with E-state index in [0.29, 0.717) is 21.5 Å². The number of aromatic nitrogens is 1. The maximum Gasteiger partial charge on any atom is 0.133 e. The monoisotopic (exact) mass is 298 g/mol.